The van der Waals surface area contributed by atoms with E-state index < -0.39 is 18.3 Å². The van der Waals surface area contributed by atoms with Crippen molar-refractivity contribution < 1.29 is 22.7 Å². The van der Waals surface area contributed by atoms with Crippen LogP contribution >= 0.6 is 0 Å². The Labute approximate surface area is 197 Å². The minimum absolute atomic E-state index is 0.0147. The van der Waals surface area contributed by atoms with Crippen LogP contribution in [0.25, 0.3) is 0 Å². The predicted octanol–water partition coefficient (Wildman–Crippen LogP) is 6.34. The maximum Gasteiger partial charge on any atom is 0.410 e. The van der Waals surface area contributed by atoms with Crippen molar-refractivity contribution in [1.82, 2.24) is 9.78 Å². The van der Waals surface area contributed by atoms with Gasteiger partial charge >= 0.3 is 6.18 Å². The molecule has 2 heterocycles. The second-order valence-corrected chi connectivity index (χ2v) is 11.1. The van der Waals surface area contributed by atoms with E-state index in [0.717, 1.165) is 23.9 Å². The van der Waals surface area contributed by atoms with Crippen LogP contribution in [0, 0.1) is 23.2 Å². The summed E-state index contributed by atoms with van der Waals surface area (Å²) in [5.41, 5.74) is 0.941. The highest BCUT2D eigenvalue weighted by atomic mass is 19.4. The highest BCUT2D eigenvalue weighted by molar-refractivity contribution is 6.01. The topological polar surface area (TPSA) is 56.2 Å². The molecule has 7 rings (SSSR count). The first-order valence-corrected chi connectivity index (χ1v) is 12.3. The minimum Gasteiger partial charge on any atom is -0.496 e. The first-order chi connectivity index (χ1) is 16.2. The van der Waals surface area contributed by atoms with E-state index in [9.17, 15) is 18.0 Å². The Balaban J connectivity index is 1.33. The van der Waals surface area contributed by atoms with Gasteiger partial charge in [0.05, 0.1) is 24.9 Å². The maximum absolute atomic E-state index is 14.1. The third-order valence-corrected chi connectivity index (χ3v) is 8.75. The number of anilines is 1. The molecule has 34 heavy (non-hydrogen) atoms. The fraction of sp³-hybridized carbons (Fsp3) is 0.615. The molecule has 1 aromatic heterocycles. The van der Waals surface area contributed by atoms with Gasteiger partial charge in [-0.2, -0.15) is 18.3 Å². The van der Waals surface area contributed by atoms with Crippen molar-refractivity contribution in [3.8, 4) is 5.75 Å². The van der Waals surface area contributed by atoms with Crippen LogP contribution < -0.4 is 10.1 Å². The number of alkyl halides is 3. The van der Waals surface area contributed by atoms with Gasteiger partial charge in [-0.05, 0) is 67.8 Å². The molecule has 5 nitrogen and oxygen atoms in total. The standard InChI is InChI=1S/C26H30F3N3O2/c1-34-22-5-3-2-4-18(22)20-9-23(26(27,28)29)32-24(31-20)19(14-30-32)21(33)13-25-10-15-6-16(11-25)8-17(7-15)12-25/h2-5,14-17,20,23,31H,6-13H2,1H3. The fourth-order valence-electron chi connectivity index (χ4n) is 7.87. The van der Waals surface area contributed by atoms with Crippen molar-refractivity contribution >= 4 is 11.6 Å². The molecule has 1 N–H and O–H groups in total. The number of carbonyl (C=O) groups is 1. The lowest BCUT2D eigenvalue weighted by Crippen LogP contribution is -2.46. The number of fused-ring (bicyclic) bond motifs is 1. The Hall–Kier alpha value is -2.51. The lowest BCUT2D eigenvalue weighted by Gasteiger charge is -2.56. The van der Waals surface area contributed by atoms with E-state index in [-0.39, 0.29) is 29.0 Å². The molecule has 8 heteroatoms. The number of ether oxygens (including phenoxy) is 1. The molecule has 1 aliphatic heterocycles. The van der Waals surface area contributed by atoms with Crippen molar-refractivity contribution in [2.75, 3.05) is 12.4 Å². The van der Waals surface area contributed by atoms with E-state index in [4.69, 9.17) is 4.74 Å². The molecule has 5 aliphatic rings. The van der Waals surface area contributed by atoms with Crippen molar-refractivity contribution in [1.29, 1.82) is 0 Å². The Morgan fingerprint density at radius 2 is 1.76 bits per heavy atom. The number of nitrogens with one attached hydrogen (secondary N) is 1. The zero-order valence-electron chi connectivity index (χ0n) is 19.3. The van der Waals surface area contributed by atoms with Gasteiger partial charge in [0.15, 0.2) is 11.8 Å². The van der Waals surface area contributed by atoms with E-state index in [0.29, 0.717) is 35.5 Å². The number of aromatic nitrogens is 2. The quantitative estimate of drug-likeness (QED) is 0.515. The average molecular weight is 474 g/mol. The second-order valence-electron chi connectivity index (χ2n) is 11.1. The van der Waals surface area contributed by atoms with Crippen LogP contribution in [0.1, 0.15) is 79.4 Å². The number of halogens is 3. The fourth-order valence-corrected chi connectivity index (χ4v) is 7.87. The van der Waals surface area contributed by atoms with Crippen molar-refractivity contribution in [3.63, 3.8) is 0 Å². The summed E-state index contributed by atoms with van der Waals surface area (Å²) >= 11 is 0. The Morgan fingerprint density at radius 3 is 2.38 bits per heavy atom. The van der Waals surface area contributed by atoms with E-state index >= 15 is 0 Å². The van der Waals surface area contributed by atoms with E-state index in [1.165, 1.54) is 32.6 Å². The molecule has 4 bridgehead atoms. The van der Waals surface area contributed by atoms with E-state index in [2.05, 4.69) is 10.4 Å². The molecular weight excluding hydrogens is 443 g/mol. The lowest BCUT2D eigenvalue weighted by molar-refractivity contribution is -0.173. The van der Waals surface area contributed by atoms with Crippen LogP contribution in [0.5, 0.6) is 5.75 Å². The molecule has 4 fully saturated rings. The molecule has 0 radical (unpaired) electrons. The van der Waals surface area contributed by atoms with Gasteiger partial charge < -0.3 is 10.1 Å². The number of Topliss-reactive ketones (excluding diaryl/α,β-unsaturated/α-hetero) is 1. The monoisotopic (exact) mass is 473 g/mol. The average Bonchev–Trinajstić information content (AvgIpc) is 3.20. The van der Waals surface area contributed by atoms with Gasteiger partial charge in [0, 0.05) is 18.4 Å². The molecule has 182 valence electrons. The summed E-state index contributed by atoms with van der Waals surface area (Å²) in [5.74, 6) is 2.75. The highest BCUT2D eigenvalue weighted by Crippen LogP contribution is 2.61. The van der Waals surface area contributed by atoms with Crippen molar-refractivity contribution in [2.45, 2.75) is 69.6 Å². The van der Waals surface area contributed by atoms with Crippen LogP contribution in [-0.4, -0.2) is 28.8 Å². The van der Waals surface area contributed by atoms with Gasteiger partial charge in [0.25, 0.3) is 0 Å². The van der Waals surface area contributed by atoms with Crippen molar-refractivity contribution in [3.05, 3.63) is 41.6 Å². The highest BCUT2D eigenvalue weighted by Gasteiger charge is 2.52. The molecule has 0 saturated heterocycles. The summed E-state index contributed by atoms with van der Waals surface area (Å²) in [7, 11) is 1.51. The summed E-state index contributed by atoms with van der Waals surface area (Å²) in [5, 5.41) is 7.30. The van der Waals surface area contributed by atoms with Crippen LogP contribution in [0.4, 0.5) is 19.0 Å². The number of para-hydroxylation sites is 1. The molecule has 2 atom stereocenters. The molecular formula is C26H30F3N3O2. The van der Waals surface area contributed by atoms with Gasteiger partial charge in [-0.15, -0.1) is 0 Å². The molecule has 0 spiro atoms. The largest absolute Gasteiger partial charge is 0.496 e. The minimum atomic E-state index is -4.48. The number of ketones is 1. The number of carbonyl (C=O) groups excluding carboxylic acids is 1. The normalized spacial score (nSPS) is 33.9. The van der Waals surface area contributed by atoms with E-state index in [1.54, 1.807) is 24.3 Å². The molecule has 4 saturated carbocycles. The SMILES string of the molecule is COc1ccccc1C1CC(C(F)(F)F)n2ncc(C(=O)CC34CC5CC(CC(C5)C3)C4)c2N1. The number of rotatable bonds is 5. The zero-order chi connectivity index (χ0) is 23.7. The van der Waals surface area contributed by atoms with E-state index in [1.807, 2.05) is 0 Å². The summed E-state index contributed by atoms with van der Waals surface area (Å²) in [6.07, 6.45) is 4.14. The lowest BCUT2D eigenvalue weighted by atomic mass is 9.48. The molecule has 1 aromatic carbocycles. The predicted molar refractivity (Wildman–Crippen MR) is 121 cm³/mol. The summed E-state index contributed by atoms with van der Waals surface area (Å²) < 4.78 is 48.6. The second kappa shape index (κ2) is 7.75. The number of nitrogens with zero attached hydrogens (tertiary/aromatic N) is 2. The number of methoxy groups -OCH3 is 1. The number of benzene rings is 1. The smallest absolute Gasteiger partial charge is 0.410 e. The molecule has 0 amide bonds. The molecule has 2 unspecified atom stereocenters. The molecule has 2 aromatic rings. The number of hydrogen-bond donors (Lipinski definition) is 1. The van der Waals surface area contributed by atoms with Crippen LogP contribution in [-0.2, 0) is 0 Å². The Morgan fingerprint density at radius 1 is 1.12 bits per heavy atom. The van der Waals surface area contributed by atoms with Crippen LogP contribution in [0.3, 0.4) is 0 Å². The van der Waals surface area contributed by atoms with Gasteiger partial charge in [-0.25, -0.2) is 4.68 Å². The van der Waals surface area contributed by atoms with Gasteiger partial charge in [-0.3, -0.25) is 4.79 Å². The summed E-state index contributed by atoms with van der Waals surface area (Å²) in [6.45, 7) is 0. The van der Waals surface area contributed by atoms with Crippen LogP contribution in [0.15, 0.2) is 30.5 Å². The van der Waals surface area contributed by atoms with Crippen molar-refractivity contribution in [2.24, 2.45) is 23.2 Å². The summed E-state index contributed by atoms with van der Waals surface area (Å²) in [6, 6.07) is 4.64. The third kappa shape index (κ3) is 3.60. The first-order valence-electron chi connectivity index (χ1n) is 12.3. The zero-order valence-corrected chi connectivity index (χ0v) is 19.3. The van der Waals surface area contributed by atoms with Crippen LogP contribution in [0.2, 0.25) is 0 Å². The number of hydrogen-bond acceptors (Lipinski definition) is 4. The van der Waals surface area contributed by atoms with Gasteiger partial charge in [0.2, 0.25) is 0 Å². The van der Waals surface area contributed by atoms with Gasteiger partial charge in [-0.1, -0.05) is 18.2 Å². The van der Waals surface area contributed by atoms with Gasteiger partial charge in [0.1, 0.15) is 11.6 Å². The third-order valence-electron chi connectivity index (χ3n) is 8.75. The Bertz CT molecular complexity index is 1070. The summed E-state index contributed by atoms with van der Waals surface area (Å²) in [4.78, 5) is 13.6. The maximum atomic E-state index is 14.1. The molecule has 4 aliphatic carbocycles. The first kappa shape index (κ1) is 22.0. The Kier molecular flexibility index (Phi) is 5.01.